The molecule has 3 nitrogen and oxygen atoms in total. The Hall–Kier alpha value is -0.480. The first kappa shape index (κ1) is 10.7. The molecule has 16 heavy (non-hydrogen) atoms. The third kappa shape index (κ3) is 2.13. The van der Waals surface area contributed by atoms with Gasteiger partial charge in [0.25, 0.3) is 0 Å². The van der Waals surface area contributed by atoms with Crippen LogP contribution in [0.1, 0.15) is 42.5 Å². The molecule has 0 aromatic carbocycles. The summed E-state index contributed by atoms with van der Waals surface area (Å²) in [5.74, 6) is 1.99. The lowest BCUT2D eigenvalue weighted by molar-refractivity contribution is 0.461. The first-order valence-corrected chi connectivity index (χ1v) is 7.35. The zero-order valence-corrected chi connectivity index (χ0v) is 10.4. The summed E-state index contributed by atoms with van der Waals surface area (Å²) in [6.07, 6.45) is 9.60. The van der Waals surface area contributed by atoms with Crippen LogP contribution in [0.15, 0.2) is 12.4 Å². The molecule has 0 saturated carbocycles. The summed E-state index contributed by atoms with van der Waals surface area (Å²) >= 11 is 2.04. The first-order chi connectivity index (χ1) is 7.93. The van der Waals surface area contributed by atoms with Crippen LogP contribution in [0.2, 0.25) is 0 Å². The Morgan fingerprint density at radius 2 is 2.38 bits per heavy atom. The Balaban J connectivity index is 1.71. The molecule has 0 spiro atoms. The number of piperidine rings is 1. The molecule has 2 aliphatic rings. The number of thioether (sulfide) groups is 1. The van der Waals surface area contributed by atoms with Crippen molar-refractivity contribution in [2.45, 2.75) is 37.0 Å². The minimum absolute atomic E-state index is 0.602. The summed E-state index contributed by atoms with van der Waals surface area (Å²) in [6, 6.07) is 0. The third-order valence-corrected chi connectivity index (χ3v) is 4.95. The predicted molar refractivity (Wildman–Crippen MR) is 67.8 cm³/mol. The van der Waals surface area contributed by atoms with E-state index >= 15 is 0 Å². The molecular weight excluding hydrogens is 218 g/mol. The highest BCUT2D eigenvalue weighted by molar-refractivity contribution is 7.99. The van der Waals surface area contributed by atoms with Crippen molar-refractivity contribution in [1.82, 2.24) is 15.1 Å². The second kappa shape index (κ2) is 4.80. The maximum absolute atomic E-state index is 4.54. The second-order valence-electron chi connectivity index (χ2n) is 4.76. The summed E-state index contributed by atoms with van der Waals surface area (Å²) in [6.45, 7) is 2.31. The minimum atomic E-state index is 0.602. The number of nitrogens with one attached hydrogen (secondary N) is 1. The summed E-state index contributed by atoms with van der Waals surface area (Å²) in [5, 5.41) is 8.61. The quantitative estimate of drug-likeness (QED) is 0.856. The smallest absolute Gasteiger partial charge is 0.0970 e. The van der Waals surface area contributed by atoms with Crippen molar-refractivity contribution in [2.75, 3.05) is 18.8 Å². The minimum Gasteiger partial charge on any atom is -0.316 e. The maximum Gasteiger partial charge on any atom is 0.0970 e. The Morgan fingerprint density at radius 1 is 1.38 bits per heavy atom. The highest BCUT2D eigenvalue weighted by Crippen LogP contribution is 2.35. The van der Waals surface area contributed by atoms with E-state index in [4.69, 9.17) is 0 Å². The van der Waals surface area contributed by atoms with Crippen LogP contribution in [-0.4, -0.2) is 28.6 Å². The highest BCUT2D eigenvalue weighted by atomic mass is 32.2. The van der Waals surface area contributed by atoms with Crippen molar-refractivity contribution in [1.29, 1.82) is 0 Å². The van der Waals surface area contributed by atoms with Gasteiger partial charge in [0.15, 0.2) is 0 Å². The van der Waals surface area contributed by atoms with Gasteiger partial charge in [0.05, 0.1) is 11.6 Å². The Labute approximate surface area is 101 Å². The van der Waals surface area contributed by atoms with Gasteiger partial charge in [-0.2, -0.15) is 5.10 Å². The summed E-state index contributed by atoms with van der Waals surface area (Å²) in [7, 11) is 0. The van der Waals surface area contributed by atoms with Gasteiger partial charge in [0, 0.05) is 12.7 Å². The van der Waals surface area contributed by atoms with E-state index in [0.717, 1.165) is 6.54 Å². The molecule has 0 radical (unpaired) electrons. The standard InChI is InChI=1S/C12H19N3S/c1-3-10(7-13-5-1)11-8-14-15(9-11)12-4-2-6-16-12/h8-10,12-13H,1-7H2. The van der Waals surface area contributed by atoms with Gasteiger partial charge < -0.3 is 5.32 Å². The van der Waals surface area contributed by atoms with Crippen LogP contribution in [0.5, 0.6) is 0 Å². The zero-order valence-electron chi connectivity index (χ0n) is 9.56. The molecule has 0 bridgehead atoms. The summed E-state index contributed by atoms with van der Waals surface area (Å²) in [4.78, 5) is 0. The number of hydrogen-bond donors (Lipinski definition) is 1. The lowest BCUT2D eigenvalue weighted by atomic mass is 9.94. The Bertz CT molecular complexity index is 338. The van der Waals surface area contributed by atoms with E-state index in [2.05, 4.69) is 27.5 Å². The van der Waals surface area contributed by atoms with Crippen LogP contribution in [0.4, 0.5) is 0 Å². The van der Waals surface area contributed by atoms with E-state index < -0.39 is 0 Å². The van der Waals surface area contributed by atoms with Gasteiger partial charge in [-0.05, 0) is 49.5 Å². The van der Waals surface area contributed by atoms with Crippen LogP contribution in [0.25, 0.3) is 0 Å². The number of hydrogen-bond acceptors (Lipinski definition) is 3. The third-order valence-electron chi connectivity index (χ3n) is 3.59. The first-order valence-electron chi connectivity index (χ1n) is 6.30. The molecule has 0 amide bonds. The number of aromatic nitrogens is 2. The number of nitrogens with zero attached hydrogens (tertiary/aromatic N) is 2. The van der Waals surface area contributed by atoms with Crippen molar-refractivity contribution in [3.05, 3.63) is 18.0 Å². The van der Waals surface area contributed by atoms with Crippen molar-refractivity contribution in [3.63, 3.8) is 0 Å². The molecule has 3 heterocycles. The largest absolute Gasteiger partial charge is 0.316 e. The summed E-state index contributed by atoms with van der Waals surface area (Å²) in [5.41, 5.74) is 1.43. The lowest BCUT2D eigenvalue weighted by Gasteiger charge is -2.21. The fourth-order valence-electron chi connectivity index (χ4n) is 2.63. The fourth-order valence-corrected chi connectivity index (χ4v) is 3.83. The van der Waals surface area contributed by atoms with Gasteiger partial charge in [-0.3, -0.25) is 4.68 Å². The molecular formula is C12H19N3S. The molecule has 2 unspecified atom stereocenters. The van der Waals surface area contributed by atoms with Crippen molar-refractivity contribution in [3.8, 4) is 0 Å². The molecule has 0 aliphatic carbocycles. The topological polar surface area (TPSA) is 29.9 Å². The molecule has 2 atom stereocenters. The van der Waals surface area contributed by atoms with Crippen molar-refractivity contribution in [2.24, 2.45) is 0 Å². The van der Waals surface area contributed by atoms with E-state index in [9.17, 15) is 0 Å². The molecule has 1 N–H and O–H groups in total. The lowest BCUT2D eigenvalue weighted by Crippen LogP contribution is -2.28. The van der Waals surface area contributed by atoms with Crippen molar-refractivity contribution < 1.29 is 0 Å². The average molecular weight is 237 g/mol. The van der Waals surface area contributed by atoms with Gasteiger partial charge in [0.2, 0.25) is 0 Å². The monoisotopic (exact) mass is 237 g/mol. The molecule has 2 saturated heterocycles. The molecule has 4 heteroatoms. The van der Waals surface area contributed by atoms with Gasteiger partial charge >= 0.3 is 0 Å². The molecule has 2 aliphatic heterocycles. The molecule has 2 fully saturated rings. The van der Waals surface area contributed by atoms with Gasteiger partial charge in [0.1, 0.15) is 0 Å². The van der Waals surface area contributed by atoms with Crippen LogP contribution in [-0.2, 0) is 0 Å². The van der Waals surface area contributed by atoms with Crippen LogP contribution >= 0.6 is 11.8 Å². The van der Waals surface area contributed by atoms with Gasteiger partial charge in [-0.15, -0.1) is 11.8 Å². The summed E-state index contributed by atoms with van der Waals surface area (Å²) < 4.78 is 2.18. The van der Waals surface area contributed by atoms with E-state index in [1.165, 1.54) is 43.5 Å². The van der Waals surface area contributed by atoms with E-state index in [0.29, 0.717) is 11.3 Å². The van der Waals surface area contributed by atoms with Crippen molar-refractivity contribution >= 4 is 11.8 Å². The normalized spacial score (nSPS) is 30.8. The van der Waals surface area contributed by atoms with E-state index in [1.807, 2.05) is 11.8 Å². The number of rotatable bonds is 2. The predicted octanol–water partition coefficient (Wildman–Crippen LogP) is 2.38. The fraction of sp³-hybridized carbons (Fsp3) is 0.750. The highest BCUT2D eigenvalue weighted by Gasteiger charge is 2.21. The second-order valence-corrected chi connectivity index (χ2v) is 6.05. The van der Waals surface area contributed by atoms with Crippen LogP contribution < -0.4 is 5.32 Å². The van der Waals surface area contributed by atoms with Gasteiger partial charge in [-0.1, -0.05) is 0 Å². The molecule has 1 aromatic rings. The van der Waals surface area contributed by atoms with Gasteiger partial charge in [-0.25, -0.2) is 0 Å². The molecule has 3 rings (SSSR count). The molecule has 88 valence electrons. The zero-order chi connectivity index (χ0) is 10.8. The Kier molecular flexibility index (Phi) is 3.20. The Morgan fingerprint density at radius 3 is 3.12 bits per heavy atom. The SMILES string of the molecule is c1nn(C2CCCS2)cc1C1CCCNC1. The maximum atomic E-state index is 4.54. The van der Waals surface area contributed by atoms with E-state index in [-0.39, 0.29) is 0 Å². The van der Waals surface area contributed by atoms with Crippen LogP contribution in [0, 0.1) is 0 Å². The van der Waals surface area contributed by atoms with Crippen LogP contribution in [0.3, 0.4) is 0 Å². The van der Waals surface area contributed by atoms with E-state index in [1.54, 1.807) is 0 Å². The molecule has 1 aromatic heterocycles. The average Bonchev–Trinajstić information content (AvgIpc) is 3.01.